The molecule has 0 saturated heterocycles. The second-order valence-electron chi connectivity index (χ2n) is 18.2. The van der Waals surface area contributed by atoms with Crippen LogP contribution in [0.25, 0.3) is 32.7 Å². The highest BCUT2D eigenvalue weighted by Crippen LogP contribution is 2.50. The third-order valence-corrected chi connectivity index (χ3v) is 11.4. The first-order chi connectivity index (χ1) is 26.6. The van der Waals surface area contributed by atoms with Crippen LogP contribution in [-0.4, -0.2) is 0 Å². The van der Waals surface area contributed by atoms with E-state index in [4.69, 9.17) is 16.0 Å². The van der Waals surface area contributed by atoms with Gasteiger partial charge in [0.15, 0.2) is 0 Å². The summed E-state index contributed by atoms with van der Waals surface area (Å²) in [6.45, 7) is 20.3. The summed E-state index contributed by atoms with van der Waals surface area (Å²) in [5, 5.41) is 5.21. The number of benzene rings is 7. The first-order valence-corrected chi connectivity index (χ1v) is 20.0. The maximum Gasteiger partial charge on any atom is 0.137 e. The number of halogens is 1. The number of nitrogens with zero attached hydrogens (tertiary/aromatic N) is 2. The monoisotopic (exact) mass is 754 g/mol. The van der Waals surface area contributed by atoms with Gasteiger partial charge in [0.05, 0.1) is 16.4 Å². The molecule has 1 aromatic heterocycles. The molecule has 8 rings (SSSR count). The van der Waals surface area contributed by atoms with E-state index in [1.165, 1.54) is 27.5 Å². The van der Waals surface area contributed by atoms with Crippen LogP contribution in [0.15, 0.2) is 150 Å². The van der Waals surface area contributed by atoms with Crippen LogP contribution in [0.3, 0.4) is 0 Å². The van der Waals surface area contributed by atoms with Crippen LogP contribution in [0.5, 0.6) is 0 Å². The SMILES string of the molecule is CC(C)(C)c1ccc(N(c2ccc3ccccc3c2)c2cc(C(C)(C)C)cc(N(c3ccc(C(C)(C)C)cc3)c3ccc4c(c3)oc3ccccc34)c2Cl)cc1. The van der Waals surface area contributed by atoms with Gasteiger partial charge >= 0.3 is 0 Å². The summed E-state index contributed by atoms with van der Waals surface area (Å²) in [4.78, 5) is 4.62. The van der Waals surface area contributed by atoms with Crippen LogP contribution >= 0.6 is 11.6 Å². The smallest absolute Gasteiger partial charge is 0.137 e. The number of anilines is 6. The Hall–Kier alpha value is -5.51. The maximum absolute atomic E-state index is 7.92. The van der Waals surface area contributed by atoms with Gasteiger partial charge < -0.3 is 14.2 Å². The summed E-state index contributed by atoms with van der Waals surface area (Å²) >= 11 is 7.92. The molecular formula is C52H51ClN2O. The van der Waals surface area contributed by atoms with Crippen molar-refractivity contribution in [2.24, 2.45) is 0 Å². The lowest BCUT2D eigenvalue weighted by Crippen LogP contribution is -2.19. The zero-order valence-corrected chi connectivity index (χ0v) is 34.8. The number of fused-ring (bicyclic) bond motifs is 4. The summed E-state index contributed by atoms with van der Waals surface area (Å²) in [6, 6.07) is 52.4. The van der Waals surface area contributed by atoms with E-state index in [1.54, 1.807) is 0 Å². The van der Waals surface area contributed by atoms with Gasteiger partial charge in [-0.25, -0.2) is 0 Å². The molecule has 4 heteroatoms. The van der Waals surface area contributed by atoms with E-state index in [1.807, 2.05) is 12.1 Å². The Bertz CT molecular complexity index is 2700. The standard InChI is InChI=1S/C52H51ClN2O/c1-50(2,3)36-19-24-39(25-20-36)54(41-23-18-34-14-10-11-15-35(34)30-41)45-31-38(52(7,8)9)32-46(49(45)53)55(40-26-21-37(22-27-40)51(4,5)6)42-28-29-44-43-16-12-13-17-47(43)56-48(44)33-42/h10-33H,1-9H3. The van der Waals surface area contributed by atoms with Crippen LogP contribution in [0.4, 0.5) is 34.1 Å². The van der Waals surface area contributed by atoms with Gasteiger partial charge in [0.25, 0.3) is 0 Å². The first-order valence-electron chi connectivity index (χ1n) is 19.6. The van der Waals surface area contributed by atoms with Crippen LogP contribution < -0.4 is 9.80 Å². The van der Waals surface area contributed by atoms with E-state index in [0.717, 1.165) is 56.1 Å². The second kappa shape index (κ2) is 13.9. The molecule has 0 fully saturated rings. The molecule has 0 spiro atoms. The largest absolute Gasteiger partial charge is 0.456 e. The van der Waals surface area contributed by atoms with Crippen molar-refractivity contribution < 1.29 is 4.42 Å². The average Bonchev–Trinajstić information content (AvgIpc) is 3.53. The van der Waals surface area contributed by atoms with Crippen LogP contribution in [0, 0.1) is 0 Å². The molecule has 282 valence electrons. The third kappa shape index (κ3) is 7.06. The maximum atomic E-state index is 7.92. The Labute approximate surface area is 337 Å². The van der Waals surface area contributed by atoms with Gasteiger partial charge in [-0.1, -0.05) is 147 Å². The predicted octanol–water partition coefficient (Wildman–Crippen LogP) is 16.2. The van der Waals surface area contributed by atoms with Crippen molar-refractivity contribution in [3.05, 3.63) is 167 Å². The Balaban J connectivity index is 1.40. The molecule has 7 aromatic carbocycles. The second-order valence-corrected chi connectivity index (χ2v) is 18.5. The molecule has 0 atom stereocenters. The quantitative estimate of drug-likeness (QED) is 0.169. The fourth-order valence-electron chi connectivity index (χ4n) is 7.60. The van der Waals surface area contributed by atoms with Gasteiger partial charge in [-0.15, -0.1) is 0 Å². The highest BCUT2D eigenvalue weighted by Gasteiger charge is 2.28. The molecule has 0 N–H and O–H groups in total. The number of hydrogen-bond donors (Lipinski definition) is 0. The Morgan fingerprint density at radius 1 is 0.393 bits per heavy atom. The van der Waals surface area contributed by atoms with Crippen molar-refractivity contribution in [3.8, 4) is 0 Å². The molecule has 0 amide bonds. The average molecular weight is 755 g/mol. The lowest BCUT2D eigenvalue weighted by atomic mass is 9.85. The van der Waals surface area contributed by atoms with Gasteiger partial charge in [-0.05, 0) is 110 Å². The van der Waals surface area contributed by atoms with E-state index in [9.17, 15) is 0 Å². The van der Waals surface area contributed by atoms with Crippen molar-refractivity contribution in [1.82, 2.24) is 0 Å². The highest BCUT2D eigenvalue weighted by molar-refractivity contribution is 6.37. The number of para-hydroxylation sites is 1. The van der Waals surface area contributed by atoms with Crippen molar-refractivity contribution in [2.45, 2.75) is 78.6 Å². The molecule has 3 nitrogen and oxygen atoms in total. The molecule has 0 bridgehead atoms. The number of furan rings is 1. The Kier molecular flexibility index (Phi) is 9.29. The summed E-state index contributed by atoms with van der Waals surface area (Å²) in [6.07, 6.45) is 0. The molecule has 0 unspecified atom stereocenters. The summed E-state index contributed by atoms with van der Waals surface area (Å²) in [5.74, 6) is 0. The van der Waals surface area contributed by atoms with E-state index < -0.39 is 0 Å². The summed E-state index contributed by atoms with van der Waals surface area (Å²) in [5.41, 5.74) is 11.1. The van der Waals surface area contributed by atoms with Gasteiger partial charge in [-0.3, -0.25) is 0 Å². The van der Waals surface area contributed by atoms with Gasteiger partial charge in [0.2, 0.25) is 0 Å². The van der Waals surface area contributed by atoms with Crippen LogP contribution in [0.2, 0.25) is 5.02 Å². The van der Waals surface area contributed by atoms with Gasteiger partial charge in [0.1, 0.15) is 11.2 Å². The molecule has 0 aliphatic carbocycles. The fourth-order valence-corrected chi connectivity index (χ4v) is 7.88. The van der Waals surface area contributed by atoms with E-state index in [-0.39, 0.29) is 16.2 Å². The minimum atomic E-state index is -0.191. The molecule has 0 aliphatic rings. The van der Waals surface area contributed by atoms with Crippen LogP contribution in [0.1, 0.15) is 79.0 Å². The fraction of sp³-hybridized carbons (Fsp3) is 0.231. The zero-order valence-electron chi connectivity index (χ0n) is 34.0. The van der Waals surface area contributed by atoms with E-state index >= 15 is 0 Å². The molecule has 56 heavy (non-hydrogen) atoms. The third-order valence-electron chi connectivity index (χ3n) is 11.0. The predicted molar refractivity (Wildman–Crippen MR) is 242 cm³/mol. The number of rotatable bonds is 6. The van der Waals surface area contributed by atoms with Crippen LogP contribution in [-0.2, 0) is 16.2 Å². The molecule has 1 heterocycles. The lowest BCUT2D eigenvalue weighted by Gasteiger charge is -2.34. The first kappa shape index (κ1) is 37.4. The lowest BCUT2D eigenvalue weighted by molar-refractivity contribution is 0.589. The van der Waals surface area contributed by atoms with Gasteiger partial charge in [0, 0.05) is 39.6 Å². The van der Waals surface area contributed by atoms with Gasteiger partial charge in [-0.2, -0.15) is 0 Å². The summed E-state index contributed by atoms with van der Waals surface area (Å²) < 4.78 is 6.47. The highest BCUT2D eigenvalue weighted by atomic mass is 35.5. The minimum absolute atomic E-state index is 0.0103. The summed E-state index contributed by atoms with van der Waals surface area (Å²) in [7, 11) is 0. The van der Waals surface area contributed by atoms with Crippen molar-refractivity contribution in [3.63, 3.8) is 0 Å². The van der Waals surface area contributed by atoms with E-state index in [0.29, 0.717) is 5.02 Å². The normalized spacial score (nSPS) is 12.5. The minimum Gasteiger partial charge on any atom is -0.456 e. The Morgan fingerprint density at radius 3 is 1.39 bits per heavy atom. The topological polar surface area (TPSA) is 19.6 Å². The molecule has 0 aliphatic heterocycles. The van der Waals surface area contributed by atoms with Crippen molar-refractivity contribution >= 4 is 78.4 Å². The molecule has 0 radical (unpaired) electrons. The van der Waals surface area contributed by atoms with Crippen molar-refractivity contribution in [2.75, 3.05) is 9.80 Å². The number of hydrogen-bond acceptors (Lipinski definition) is 3. The molecule has 0 saturated carbocycles. The zero-order chi connectivity index (χ0) is 39.6. The van der Waals surface area contributed by atoms with Crippen molar-refractivity contribution in [1.29, 1.82) is 0 Å². The molecule has 8 aromatic rings. The molecular weight excluding hydrogens is 704 g/mol. The Morgan fingerprint density at radius 2 is 0.839 bits per heavy atom. The van der Waals surface area contributed by atoms with E-state index in [2.05, 4.69) is 206 Å².